The molecule has 0 aliphatic carbocycles. The first-order valence-electron chi connectivity index (χ1n) is 6.45. The molecule has 0 saturated carbocycles. The number of hydrogen-bond acceptors (Lipinski definition) is 4. The van der Waals surface area contributed by atoms with E-state index in [0.717, 1.165) is 15.6 Å². The van der Waals surface area contributed by atoms with E-state index < -0.39 is 23.8 Å². The number of carbonyl (C=O) groups is 1. The van der Waals surface area contributed by atoms with E-state index in [4.69, 9.17) is 5.11 Å². The quantitative estimate of drug-likeness (QED) is 0.716. The summed E-state index contributed by atoms with van der Waals surface area (Å²) in [4.78, 5) is 36.5. The molecule has 112 valence electrons. The summed E-state index contributed by atoms with van der Waals surface area (Å²) in [6.45, 7) is -0.618. The van der Waals surface area contributed by atoms with Gasteiger partial charge in [0.05, 0.1) is 0 Å². The van der Waals surface area contributed by atoms with E-state index in [1.165, 1.54) is 0 Å². The highest BCUT2D eigenvalue weighted by atomic mass is 16.4. The molecule has 0 atom stereocenters. The number of para-hydroxylation sites is 1. The van der Waals surface area contributed by atoms with Crippen LogP contribution < -0.4 is 11.2 Å². The lowest BCUT2D eigenvalue weighted by molar-refractivity contribution is -0.138. The zero-order chi connectivity index (χ0) is 15.9. The molecule has 0 saturated heterocycles. The van der Waals surface area contributed by atoms with E-state index in [0.29, 0.717) is 5.56 Å². The number of hydrogen-bond donors (Lipinski definition) is 2. The van der Waals surface area contributed by atoms with Gasteiger partial charge in [-0.05, 0) is 6.07 Å². The maximum atomic E-state index is 12.0. The zero-order valence-electron chi connectivity index (χ0n) is 11.6. The minimum absolute atomic E-state index is 0.0117. The average molecular weight is 300 g/mol. The minimum atomic E-state index is -1.22. The van der Waals surface area contributed by atoms with Gasteiger partial charge >= 0.3 is 11.7 Å². The number of fused-ring (bicyclic) bond motifs is 1. The van der Waals surface area contributed by atoms with Crippen LogP contribution in [0.25, 0.3) is 22.2 Å². The second-order valence-corrected chi connectivity index (χ2v) is 4.83. The smallest absolute Gasteiger partial charge is 0.345 e. The van der Waals surface area contributed by atoms with Crippen LogP contribution in [-0.4, -0.2) is 30.4 Å². The molecule has 3 rings (SSSR count). The number of aryl methyl sites for hydroxylation is 1. The van der Waals surface area contributed by atoms with Gasteiger partial charge in [-0.2, -0.15) is 5.10 Å². The fraction of sp³-hybridized carbons (Fsp3) is 0.143. The number of carboxylic acids is 1. The molecule has 3 aromatic rings. The molecule has 22 heavy (non-hydrogen) atoms. The van der Waals surface area contributed by atoms with E-state index in [-0.39, 0.29) is 5.69 Å². The number of aliphatic carboxylic acids is 1. The summed E-state index contributed by atoms with van der Waals surface area (Å²) < 4.78 is 2.55. The molecule has 2 N–H and O–H groups in total. The van der Waals surface area contributed by atoms with Gasteiger partial charge in [-0.25, -0.2) is 9.48 Å². The average Bonchev–Trinajstić information content (AvgIpc) is 2.79. The molecule has 1 aromatic carbocycles. The summed E-state index contributed by atoms with van der Waals surface area (Å²) >= 11 is 0. The Bertz CT molecular complexity index is 996. The van der Waals surface area contributed by atoms with Crippen molar-refractivity contribution in [1.82, 2.24) is 19.3 Å². The topological polar surface area (TPSA) is 110 Å². The first kappa shape index (κ1) is 13.8. The summed E-state index contributed by atoms with van der Waals surface area (Å²) in [5, 5.41) is 13.5. The summed E-state index contributed by atoms with van der Waals surface area (Å²) in [5.41, 5.74) is -0.0507. The van der Waals surface area contributed by atoms with Crippen LogP contribution in [0.4, 0.5) is 0 Å². The molecule has 0 unspecified atom stereocenters. The maximum Gasteiger partial charge on any atom is 0.345 e. The zero-order valence-corrected chi connectivity index (χ0v) is 11.6. The van der Waals surface area contributed by atoms with E-state index >= 15 is 0 Å². The molecule has 0 fully saturated rings. The molecule has 2 heterocycles. The molecule has 0 amide bonds. The van der Waals surface area contributed by atoms with Gasteiger partial charge in [0.25, 0.3) is 5.56 Å². The number of benzene rings is 1. The number of aromatic amines is 1. The van der Waals surface area contributed by atoms with Crippen molar-refractivity contribution >= 4 is 16.9 Å². The third-order valence-electron chi connectivity index (χ3n) is 3.33. The summed E-state index contributed by atoms with van der Waals surface area (Å²) in [5.74, 6) is -1.22. The van der Waals surface area contributed by atoms with Crippen LogP contribution in [0.1, 0.15) is 0 Å². The molecule has 0 radical (unpaired) electrons. The van der Waals surface area contributed by atoms with Crippen molar-refractivity contribution in [3.05, 3.63) is 51.3 Å². The molecule has 0 spiro atoms. The van der Waals surface area contributed by atoms with Crippen molar-refractivity contribution in [3.8, 4) is 11.3 Å². The van der Waals surface area contributed by atoms with E-state index in [1.54, 1.807) is 6.20 Å². The second-order valence-electron chi connectivity index (χ2n) is 4.83. The van der Waals surface area contributed by atoms with Crippen molar-refractivity contribution in [2.24, 2.45) is 7.05 Å². The van der Waals surface area contributed by atoms with E-state index in [9.17, 15) is 14.4 Å². The van der Waals surface area contributed by atoms with Crippen LogP contribution in [-0.2, 0) is 18.4 Å². The van der Waals surface area contributed by atoms with Crippen molar-refractivity contribution in [2.45, 2.75) is 6.54 Å². The van der Waals surface area contributed by atoms with Crippen LogP contribution in [0.15, 0.2) is 40.1 Å². The van der Waals surface area contributed by atoms with Crippen LogP contribution in [0.2, 0.25) is 0 Å². The number of aromatic nitrogens is 4. The van der Waals surface area contributed by atoms with Gasteiger partial charge in [-0.3, -0.25) is 14.6 Å². The number of H-pyrrole nitrogens is 1. The van der Waals surface area contributed by atoms with Crippen LogP contribution in [0.3, 0.4) is 0 Å². The highest BCUT2D eigenvalue weighted by Gasteiger charge is 2.15. The van der Waals surface area contributed by atoms with Gasteiger partial charge in [0, 0.05) is 29.7 Å². The maximum absolute atomic E-state index is 12.0. The highest BCUT2D eigenvalue weighted by Crippen LogP contribution is 2.26. The Morgan fingerprint density at radius 1 is 1.32 bits per heavy atom. The third-order valence-corrected chi connectivity index (χ3v) is 3.33. The van der Waals surface area contributed by atoms with Gasteiger partial charge in [-0.15, -0.1) is 0 Å². The summed E-state index contributed by atoms with van der Waals surface area (Å²) in [6.07, 6.45) is 1.72. The number of nitrogens with zero attached hydrogens (tertiary/aromatic N) is 3. The first-order valence-corrected chi connectivity index (χ1v) is 6.45. The Morgan fingerprint density at radius 2 is 2.05 bits per heavy atom. The number of carboxylic acid groups (broad SMARTS) is 1. The molecule has 2 aromatic heterocycles. The van der Waals surface area contributed by atoms with Gasteiger partial charge < -0.3 is 9.67 Å². The molecule has 8 heteroatoms. The molecular formula is C14H12N4O4. The molecule has 8 nitrogen and oxygen atoms in total. The highest BCUT2D eigenvalue weighted by molar-refractivity contribution is 5.94. The van der Waals surface area contributed by atoms with Gasteiger partial charge in [0.2, 0.25) is 0 Å². The Labute approximate surface area is 123 Å². The monoisotopic (exact) mass is 300 g/mol. The standard InChI is InChI=1S/C14H12N4O4/c1-17-6-9(8-4-2-3-5-10(8)17)12-13(21)15-14(22)18(16-12)7-11(19)20/h2-6H,7H2,1H3,(H,19,20)(H,15,21,22). The Kier molecular flexibility index (Phi) is 3.13. The largest absolute Gasteiger partial charge is 0.480 e. The van der Waals surface area contributed by atoms with Gasteiger partial charge in [0.15, 0.2) is 5.69 Å². The normalized spacial score (nSPS) is 11.0. The van der Waals surface area contributed by atoms with Crippen LogP contribution in [0.5, 0.6) is 0 Å². The molecular weight excluding hydrogens is 288 g/mol. The predicted molar refractivity (Wildman–Crippen MR) is 78.7 cm³/mol. The van der Waals surface area contributed by atoms with E-state index in [2.05, 4.69) is 10.1 Å². The molecule has 0 aliphatic rings. The fourth-order valence-electron chi connectivity index (χ4n) is 2.37. The van der Waals surface area contributed by atoms with E-state index in [1.807, 2.05) is 35.9 Å². The summed E-state index contributed by atoms with van der Waals surface area (Å²) in [6, 6.07) is 7.42. The minimum Gasteiger partial charge on any atom is -0.480 e. The van der Waals surface area contributed by atoms with Crippen molar-refractivity contribution in [3.63, 3.8) is 0 Å². The SMILES string of the molecule is Cn1cc(-c2nn(CC(=O)O)c(=O)[nH]c2=O)c2ccccc21. The van der Waals surface area contributed by atoms with Crippen molar-refractivity contribution < 1.29 is 9.90 Å². The lowest BCUT2D eigenvalue weighted by Crippen LogP contribution is -2.35. The molecule has 0 bridgehead atoms. The predicted octanol–water partition coefficient (Wildman–Crippen LogP) is 0.175. The van der Waals surface area contributed by atoms with Crippen LogP contribution >= 0.6 is 0 Å². The summed E-state index contributed by atoms with van der Waals surface area (Å²) in [7, 11) is 1.83. The lowest BCUT2D eigenvalue weighted by atomic mass is 10.1. The lowest BCUT2D eigenvalue weighted by Gasteiger charge is -2.03. The Morgan fingerprint density at radius 3 is 2.77 bits per heavy atom. The Hall–Kier alpha value is -3.16. The second kappa shape index (κ2) is 4.99. The first-order chi connectivity index (χ1) is 10.5. The van der Waals surface area contributed by atoms with Gasteiger partial charge in [0.1, 0.15) is 6.54 Å². The fourth-order valence-corrected chi connectivity index (χ4v) is 2.37. The Balaban J connectivity index is 2.29. The molecule has 0 aliphatic heterocycles. The van der Waals surface area contributed by atoms with Gasteiger partial charge in [-0.1, -0.05) is 18.2 Å². The number of nitrogens with one attached hydrogen (secondary N) is 1. The van der Waals surface area contributed by atoms with Crippen molar-refractivity contribution in [1.29, 1.82) is 0 Å². The third kappa shape index (κ3) is 2.20. The number of rotatable bonds is 3. The van der Waals surface area contributed by atoms with Crippen molar-refractivity contribution in [2.75, 3.05) is 0 Å². The van der Waals surface area contributed by atoms with Crippen LogP contribution in [0, 0.1) is 0 Å².